The number of carbonyl (C=O) groups is 2. The van der Waals surface area contributed by atoms with Crippen LogP contribution in [0, 0.1) is 0 Å². The van der Waals surface area contributed by atoms with Gasteiger partial charge in [0.1, 0.15) is 11.1 Å². The van der Waals surface area contributed by atoms with Crippen LogP contribution in [0.1, 0.15) is 40.2 Å². The summed E-state index contributed by atoms with van der Waals surface area (Å²) in [6.45, 7) is 7.95. The van der Waals surface area contributed by atoms with Gasteiger partial charge < -0.3 is 15.4 Å². The van der Waals surface area contributed by atoms with Crippen LogP contribution in [0.3, 0.4) is 0 Å². The molecule has 0 radical (unpaired) electrons. The summed E-state index contributed by atoms with van der Waals surface area (Å²) in [4.78, 5) is 24.3. The largest absolute Gasteiger partial charge is 0.458 e. The van der Waals surface area contributed by atoms with Gasteiger partial charge in [-0.05, 0) is 59.1 Å². The molecule has 1 aromatic carbocycles. The number of hydrogen-bond acceptors (Lipinski definition) is 4. The maximum absolute atomic E-state index is 13.1. The summed E-state index contributed by atoms with van der Waals surface area (Å²) in [6.07, 6.45) is -3.00. The minimum atomic E-state index is -4.54. The van der Waals surface area contributed by atoms with Crippen molar-refractivity contribution in [3.8, 4) is 0 Å². The van der Waals surface area contributed by atoms with Crippen LogP contribution in [0.15, 0.2) is 23.1 Å². The first-order valence-electron chi connectivity index (χ1n) is 7.73. The van der Waals surface area contributed by atoms with Gasteiger partial charge in [-0.25, -0.2) is 9.59 Å². The van der Waals surface area contributed by atoms with E-state index in [-0.39, 0.29) is 10.6 Å². The number of amides is 2. The van der Waals surface area contributed by atoms with Crippen molar-refractivity contribution in [3.63, 3.8) is 0 Å². The lowest BCUT2D eigenvalue weighted by Gasteiger charge is -2.29. The summed E-state index contributed by atoms with van der Waals surface area (Å²) in [5.74, 6) is -0.658. The predicted octanol–water partition coefficient (Wildman–Crippen LogP) is 4.67. The van der Waals surface area contributed by atoms with E-state index < -0.39 is 34.9 Å². The smallest absolute Gasteiger partial charge is 0.417 e. The molecular formula is C17H23F3N2O3S. The van der Waals surface area contributed by atoms with Crippen LogP contribution in [0.5, 0.6) is 0 Å². The van der Waals surface area contributed by atoms with Crippen molar-refractivity contribution in [2.45, 2.75) is 56.8 Å². The van der Waals surface area contributed by atoms with Crippen molar-refractivity contribution in [2.24, 2.45) is 0 Å². The van der Waals surface area contributed by atoms with Crippen LogP contribution in [0.2, 0.25) is 0 Å². The van der Waals surface area contributed by atoms with Crippen molar-refractivity contribution in [1.82, 2.24) is 5.32 Å². The van der Waals surface area contributed by atoms with Crippen molar-refractivity contribution in [3.05, 3.63) is 23.8 Å². The number of nitrogens with one attached hydrogen (secondary N) is 2. The number of benzene rings is 1. The van der Waals surface area contributed by atoms with E-state index in [0.29, 0.717) is 0 Å². The summed E-state index contributed by atoms with van der Waals surface area (Å²) < 4.78 is 44.5. The number of esters is 1. The topological polar surface area (TPSA) is 67.4 Å². The van der Waals surface area contributed by atoms with Crippen LogP contribution < -0.4 is 10.6 Å². The van der Waals surface area contributed by atoms with Gasteiger partial charge in [-0.15, -0.1) is 11.8 Å². The van der Waals surface area contributed by atoms with Gasteiger partial charge >= 0.3 is 18.2 Å². The second-order valence-electron chi connectivity index (χ2n) is 7.12. The van der Waals surface area contributed by atoms with E-state index in [1.165, 1.54) is 32.2 Å². The highest BCUT2D eigenvalue weighted by molar-refractivity contribution is 7.98. The summed E-state index contributed by atoms with van der Waals surface area (Å²) in [7, 11) is 0. The normalized spacial score (nSPS) is 12.5. The quantitative estimate of drug-likeness (QED) is 0.577. The summed E-state index contributed by atoms with van der Waals surface area (Å²) in [5.41, 5.74) is -2.97. The molecule has 0 unspecified atom stereocenters. The standard InChI is InChI=1S/C17H23F3N2O3S/c1-15(2,3)25-13(23)16(4,5)22-14(24)21-10-7-8-12(26-6)11(9-10)17(18,19)20/h7-9H,1-6H3,(H2,21,22,24). The zero-order chi connectivity index (χ0) is 20.3. The molecule has 0 saturated carbocycles. The van der Waals surface area contributed by atoms with Gasteiger partial charge in [0.2, 0.25) is 0 Å². The lowest BCUT2D eigenvalue weighted by Crippen LogP contribution is -2.53. The fourth-order valence-corrected chi connectivity index (χ4v) is 2.51. The van der Waals surface area contributed by atoms with E-state index in [2.05, 4.69) is 10.6 Å². The number of urea groups is 1. The SMILES string of the molecule is CSc1ccc(NC(=O)NC(C)(C)C(=O)OC(C)(C)C)cc1C(F)(F)F. The Hall–Kier alpha value is -1.90. The fraction of sp³-hybridized carbons (Fsp3) is 0.529. The minimum absolute atomic E-state index is 0.0346. The molecule has 2 amide bonds. The average Bonchev–Trinajstić information content (AvgIpc) is 2.43. The van der Waals surface area contributed by atoms with E-state index in [0.717, 1.165) is 17.8 Å². The lowest BCUT2D eigenvalue weighted by molar-refractivity contribution is -0.161. The molecule has 0 aliphatic rings. The number of rotatable bonds is 4. The van der Waals surface area contributed by atoms with E-state index in [1.54, 1.807) is 20.8 Å². The molecule has 26 heavy (non-hydrogen) atoms. The first kappa shape index (κ1) is 22.1. The third-order valence-electron chi connectivity index (χ3n) is 3.10. The van der Waals surface area contributed by atoms with Gasteiger partial charge in [0.05, 0.1) is 5.56 Å². The zero-order valence-corrected chi connectivity index (χ0v) is 16.3. The van der Waals surface area contributed by atoms with Gasteiger partial charge in [0.15, 0.2) is 0 Å². The molecule has 0 spiro atoms. The molecule has 9 heteroatoms. The number of hydrogen-bond donors (Lipinski definition) is 2. The molecule has 0 heterocycles. The van der Waals surface area contributed by atoms with Crippen LogP contribution in [-0.2, 0) is 15.7 Å². The Kier molecular flexibility index (Phi) is 6.62. The number of alkyl halides is 3. The number of halogens is 3. The molecule has 0 fully saturated rings. The van der Waals surface area contributed by atoms with E-state index >= 15 is 0 Å². The lowest BCUT2D eigenvalue weighted by atomic mass is 10.1. The molecule has 0 aromatic heterocycles. The third kappa shape index (κ3) is 6.44. The van der Waals surface area contributed by atoms with Gasteiger partial charge in [0, 0.05) is 10.6 Å². The highest BCUT2D eigenvalue weighted by atomic mass is 32.2. The zero-order valence-electron chi connectivity index (χ0n) is 15.5. The summed E-state index contributed by atoms with van der Waals surface area (Å²) in [6, 6.07) is 2.68. The first-order chi connectivity index (χ1) is 11.7. The average molecular weight is 392 g/mol. The molecule has 0 bridgehead atoms. The highest BCUT2D eigenvalue weighted by Crippen LogP contribution is 2.37. The number of anilines is 1. The molecule has 0 atom stereocenters. The van der Waals surface area contributed by atoms with Gasteiger partial charge in [0.25, 0.3) is 0 Å². The summed E-state index contributed by atoms with van der Waals surface area (Å²) in [5, 5.41) is 4.72. The van der Waals surface area contributed by atoms with Crippen molar-refractivity contribution < 1.29 is 27.5 Å². The molecular weight excluding hydrogens is 369 g/mol. The Bertz CT molecular complexity index is 683. The Morgan fingerprint density at radius 1 is 1.08 bits per heavy atom. The minimum Gasteiger partial charge on any atom is -0.458 e. The van der Waals surface area contributed by atoms with E-state index in [4.69, 9.17) is 4.74 Å². The number of ether oxygens (including phenoxy) is 1. The van der Waals surface area contributed by atoms with Crippen molar-refractivity contribution in [2.75, 3.05) is 11.6 Å². The van der Waals surface area contributed by atoms with Crippen molar-refractivity contribution in [1.29, 1.82) is 0 Å². The molecule has 1 aromatic rings. The Morgan fingerprint density at radius 2 is 1.65 bits per heavy atom. The maximum atomic E-state index is 13.1. The molecule has 0 saturated heterocycles. The monoisotopic (exact) mass is 392 g/mol. The molecule has 0 aliphatic carbocycles. The van der Waals surface area contributed by atoms with Crippen LogP contribution in [0.25, 0.3) is 0 Å². The number of thioether (sulfide) groups is 1. The van der Waals surface area contributed by atoms with E-state index in [9.17, 15) is 22.8 Å². The fourth-order valence-electron chi connectivity index (χ4n) is 1.91. The molecule has 2 N–H and O–H groups in total. The Morgan fingerprint density at radius 3 is 2.12 bits per heavy atom. The van der Waals surface area contributed by atoms with Crippen LogP contribution in [-0.4, -0.2) is 29.4 Å². The second-order valence-corrected chi connectivity index (χ2v) is 7.97. The van der Waals surface area contributed by atoms with Gasteiger partial charge in [-0.1, -0.05) is 0 Å². The molecule has 0 aliphatic heterocycles. The first-order valence-corrected chi connectivity index (χ1v) is 8.96. The highest BCUT2D eigenvalue weighted by Gasteiger charge is 2.35. The Balaban J connectivity index is 2.90. The van der Waals surface area contributed by atoms with Gasteiger partial charge in [-0.2, -0.15) is 13.2 Å². The predicted molar refractivity (Wildman–Crippen MR) is 95.3 cm³/mol. The second kappa shape index (κ2) is 7.77. The molecule has 146 valence electrons. The molecule has 5 nitrogen and oxygen atoms in total. The molecule has 1 rings (SSSR count). The maximum Gasteiger partial charge on any atom is 0.417 e. The summed E-state index contributed by atoms with van der Waals surface area (Å²) >= 11 is 0.960. The number of carbonyl (C=O) groups excluding carboxylic acids is 2. The van der Waals surface area contributed by atoms with E-state index in [1.807, 2.05) is 0 Å². The van der Waals surface area contributed by atoms with Crippen molar-refractivity contribution >= 4 is 29.4 Å². The van der Waals surface area contributed by atoms with Crippen LogP contribution >= 0.6 is 11.8 Å². The van der Waals surface area contributed by atoms with Gasteiger partial charge in [-0.3, -0.25) is 0 Å². The van der Waals surface area contributed by atoms with Crippen LogP contribution in [0.4, 0.5) is 23.7 Å². The third-order valence-corrected chi connectivity index (χ3v) is 3.89. The Labute approximate surface area is 155 Å².